The molecule has 7 nitrogen and oxygen atoms in total. The molecule has 2 rings (SSSR count). The number of hydrogen-bond donors (Lipinski definition) is 2. The Labute approximate surface area is 242 Å². The van der Waals surface area contributed by atoms with Crippen LogP contribution >= 0.6 is 0 Å². The first-order valence-corrected chi connectivity index (χ1v) is 14.0. The minimum atomic E-state index is 0.0352. The van der Waals surface area contributed by atoms with Gasteiger partial charge in [0.2, 0.25) is 6.41 Å². The Morgan fingerprint density at radius 1 is 1.15 bits per heavy atom. The van der Waals surface area contributed by atoms with Crippen molar-refractivity contribution in [2.24, 2.45) is 4.99 Å². The fourth-order valence-corrected chi connectivity index (χ4v) is 4.49. The highest BCUT2D eigenvalue weighted by Gasteiger charge is 2.24. The van der Waals surface area contributed by atoms with Crippen LogP contribution in [-0.2, 0) is 4.79 Å². The van der Waals surface area contributed by atoms with Crippen molar-refractivity contribution in [2.45, 2.75) is 52.5 Å². The number of nitrogens with zero attached hydrogens (tertiary/aromatic N) is 3. The van der Waals surface area contributed by atoms with Gasteiger partial charge in [0.1, 0.15) is 0 Å². The molecule has 1 saturated heterocycles. The molecular weight excluding hydrogens is 498 g/mol. The predicted molar refractivity (Wildman–Crippen MR) is 170 cm³/mol. The summed E-state index contributed by atoms with van der Waals surface area (Å²) in [5.41, 5.74) is 5.94. The van der Waals surface area contributed by atoms with Gasteiger partial charge in [0.15, 0.2) is 0 Å². The van der Waals surface area contributed by atoms with Crippen LogP contribution in [0.25, 0.3) is 0 Å². The summed E-state index contributed by atoms with van der Waals surface area (Å²) in [5, 5.41) is 5.65. The Balaban J connectivity index is 0.00000391. The molecular formula is C33H49N5O2. The molecule has 1 aliphatic rings. The molecule has 0 saturated carbocycles. The quantitative estimate of drug-likeness (QED) is 0.207. The third kappa shape index (κ3) is 10.8. The summed E-state index contributed by atoms with van der Waals surface area (Å²) in [7, 11) is 7.12. The standard InChI is InChI=1S/C31H43N5O2.C2H6/c1-23(20-24(2)29(12-16-32-4)21-30(33-5)13-17-34-22-37)25(3)36-18-14-27(15-19-36)26-8-10-28(11-9-26)31(38)35(6)7;1-2/h8-13,16-17,20-22,25,27,33H,2,14-15,18-19H2,1,3-7H3,(H,34,37);1-2H3/b17-13-,23-20+,29-12-,30-21+,32-16?;. The summed E-state index contributed by atoms with van der Waals surface area (Å²) in [4.78, 5) is 30.9. The van der Waals surface area contributed by atoms with Crippen molar-refractivity contribution < 1.29 is 9.59 Å². The van der Waals surface area contributed by atoms with Crippen LogP contribution in [0.3, 0.4) is 0 Å². The third-order valence-corrected chi connectivity index (χ3v) is 6.97. The lowest BCUT2D eigenvalue weighted by Gasteiger charge is -2.37. The molecule has 1 heterocycles. The Bertz CT molecular complexity index is 1100. The molecule has 1 atom stereocenters. The van der Waals surface area contributed by atoms with E-state index in [4.69, 9.17) is 0 Å². The number of aliphatic imine (C=N–C) groups is 1. The number of piperidine rings is 1. The number of benzene rings is 1. The molecule has 1 unspecified atom stereocenters. The van der Waals surface area contributed by atoms with E-state index in [-0.39, 0.29) is 5.91 Å². The molecule has 218 valence electrons. The fourth-order valence-electron chi connectivity index (χ4n) is 4.49. The van der Waals surface area contributed by atoms with Gasteiger partial charge in [0, 0.05) is 57.9 Å². The number of nitrogens with one attached hydrogen (secondary N) is 2. The van der Waals surface area contributed by atoms with Crippen molar-refractivity contribution in [3.8, 4) is 0 Å². The zero-order valence-electron chi connectivity index (χ0n) is 25.7. The largest absolute Gasteiger partial charge is 0.388 e. The lowest BCUT2D eigenvalue weighted by molar-refractivity contribution is -0.108. The average molecular weight is 548 g/mol. The van der Waals surface area contributed by atoms with Crippen LogP contribution < -0.4 is 10.6 Å². The molecule has 0 bridgehead atoms. The second kappa shape index (κ2) is 18.6. The van der Waals surface area contributed by atoms with E-state index < -0.39 is 0 Å². The summed E-state index contributed by atoms with van der Waals surface area (Å²) >= 11 is 0. The molecule has 0 aliphatic carbocycles. The highest BCUT2D eigenvalue weighted by molar-refractivity contribution is 5.93. The number of carbonyl (C=O) groups excluding carboxylic acids is 2. The van der Waals surface area contributed by atoms with E-state index in [9.17, 15) is 9.59 Å². The molecule has 0 aromatic heterocycles. The van der Waals surface area contributed by atoms with E-state index in [1.807, 2.05) is 45.2 Å². The van der Waals surface area contributed by atoms with E-state index >= 15 is 0 Å². The summed E-state index contributed by atoms with van der Waals surface area (Å²) in [6.45, 7) is 14.8. The van der Waals surface area contributed by atoms with Gasteiger partial charge in [-0.15, -0.1) is 0 Å². The van der Waals surface area contributed by atoms with Gasteiger partial charge in [0.25, 0.3) is 5.91 Å². The summed E-state index contributed by atoms with van der Waals surface area (Å²) in [6.07, 6.45) is 14.0. The summed E-state index contributed by atoms with van der Waals surface area (Å²) in [6, 6.07) is 8.41. The van der Waals surface area contributed by atoms with E-state index in [0.717, 1.165) is 48.3 Å². The van der Waals surface area contributed by atoms with Gasteiger partial charge in [-0.3, -0.25) is 19.5 Å². The van der Waals surface area contributed by atoms with Gasteiger partial charge in [-0.25, -0.2) is 0 Å². The minimum Gasteiger partial charge on any atom is -0.388 e. The first-order valence-electron chi connectivity index (χ1n) is 14.0. The molecule has 1 fully saturated rings. The second-order valence-corrected chi connectivity index (χ2v) is 9.72. The molecule has 2 amide bonds. The molecule has 1 aliphatic heterocycles. The van der Waals surface area contributed by atoms with Crippen LogP contribution in [-0.4, -0.2) is 75.7 Å². The molecule has 40 heavy (non-hydrogen) atoms. The molecule has 2 N–H and O–H groups in total. The van der Waals surface area contributed by atoms with Gasteiger partial charge >= 0.3 is 0 Å². The topological polar surface area (TPSA) is 77.0 Å². The van der Waals surface area contributed by atoms with Crippen LogP contribution in [0.1, 0.15) is 62.4 Å². The Morgan fingerprint density at radius 2 is 1.77 bits per heavy atom. The highest BCUT2D eigenvalue weighted by Crippen LogP contribution is 2.30. The fraction of sp³-hybridized carbons (Fsp3) is 0.424. The maximum atomic E-state index is 12.2. The second-order valence-electron chi connectivity index (χ2n) is 9.72. The maximum absolute atomic E-state index is 12.2. The highest BCUT2D eigenvalue weighted by atomic mass is 16.2. The molecule has 7 heteroatoms. The molecule has 1 aromatic carbocycles. The van der Waals surface area contributed by atoms with Gasteiger partial charge in [-0.2, -0.15) is 0 Å². The van der Waals surface area contributed by atoms with Crippen molar-refractivity contribution >= 4 is 18.5 Å². The predicted octanol–water partition coefficient (Wildman–Crippen LogP) is 5.48. The SMILES string of the molecule is C=C(/C=C(\C)C(C)N1CCC(c2ccc(C(=O)N(C)C)cc2)CC1)C(=C\C=NC)/C=C(\C=C/NC=O)NC.CC. The van der Waals surface area contributed by atoms with Crippen molar-refractivity contribution in [3.05, 3.63) is 94.9 Å². The van der Waals surface area contributed by atoms with Gasteiger partial charge < -0.3 is 15.5 Å². The maximum Gasteiger partial charge on any atom is 0.253 e. The number of rotatable bonds is 12. The molecule has 1 aromatic rings. The zero-order valence-corrected chi connectivity index (χ0v) is 25.7. The van der Waals surface area contributed by atoms with Crippen molar-refractivity contribution in [1.29, 1.82) is 0 Å². The Kier molecular flexibility index (Phi) is 15.9. The van der Waals surface area contributed by atoms with Crippen molar-refractivity contribution in [3.63, 3.8) is 0 Å². The lowest BCUT2D eigenvalue weighted by atomic mass is 9.88. The first kappa shape index (κ1) is 34.3. The monoisotopic (exact) mass is 547 g/mol. The van der Waals surface area contributed by atoms with Crippen molar-refractivity contribution in [1.82, 2.24) is 20.4 Å². The van der Waals surface area contributed by atoms with E-state index in [1.54, 1.807) is 44.5 Å². The third-order valence-electron chi connectivity index (χ3n) is 6.97. The first-order chi connectivity index (χ1) is 19.2. The zero-order chi connectivity index (χ0) is 30.1. The minimum absolute atomic E-state index is 0.0352. The normalized spacial score (nSPS) is 16.4. The summed E-state index contributed by atoms with van der Waals surface area (Å²) < 4.78 is 0. The smallest absolute Gasteiger partial charge is 0.253 e. The Morgan fingerprint density at radius 3 is 2.30 bits per heavy atom. The number of likely N-dealkylation sites (N-methyl/N-ethyl adjacent to an activating group) is 1. The van der Waals surface area contributed by atoms with Crippen LogP contribution in [0.5, 0.6) is 0 Å². The average Bonchev–Trinajstić information content (AvgIpc) is 2.98. The van der Waals surface area contributed by atoms with Crippen LogP contribution in [0.2, 0.25) is 0 Å². The van der Waals surface area contributed by atoms with Gasteiger partial charge in [0.05, 0.1) is 0 Å². The summed E-state index contributed by atoms with van der Waals surface area (Å²) in [5.74, 6) is 0.545. The van der Waals surface area contributed by atoms with E-state index in [1.165, 1.54) is 11.1 Å². The molecule has 0 spiro atoms. The van der Waals surface area contributed by atoms with Gasteiger partial charge in [-0.05, 0) is 92.8 Å². The number of hydrogen-bond acceptors (Lipinski definition) is 5. The lowest BCUT2D eigenvalue weighted by Crippen LogP contribution is -2.40. The number of allylic oxidation sites excluding steroid dienone is 6. The molecule has 0 radical (unpaired) electrons. The van der Waals surface area contributed by atoms with Crippen molar-refractivity contribution in [2.75, 3.05) is 41.3 Å². The van der Waals surface area contributed by atoms with Crippen LogP contribution in [0.4, 0.5) is 0 Å². The number of amides is 2. The van der Waals surface area contributed by atoms with Crippen LogP contribution in [0, 0.1) is 0 Å². The van der Waals surface area contributed by atoms with E-state index in [2.05, 4.69) is 59.2 Å². The van der Waals surface area contributed by atoms with Gasteiger partial charge in [-0.1, -0.05) is 44.2 Å². The van der Waals surface area contributed by atoms with Crippen LogP contribution in [0.15, 0.2) is 88.8 Å². The van der Waals surface area contributed by atoms with E-state index in [0.29, 0.717) is 18.4 Å². The Hall–Kier alpha value is -3.71. The number of likely N-dealkylation sites (tertiary alicyclic amines) is 1. The number of carbonyl (C=O) groups is 2.